The Hall–Kier alpha value is -1.55. The first-order valence-electron chi connectivity index (χ1n) is 5.44. The summed E-state index contributed by atoms with van der Waals surface area (Å²) < 4.78 is 0. The molecule has 0 amide bonds. The van der Waals surface area contributed by atoms with Gasteiger partial charge in [0.05, 0.1) is 12.2 Å². The fourth-order valence-electron chi connectivity index (χ4n) is 1.53. The van der Waals surface area contributed by atoms with Crippen molar-refractivity contribution in [3.05, 3.63) is 48.0 Å². The van der Waals surface area contributed by atoms with Gasteiger partial charge in [-0.05, 0) is 37.4 Å². The molecule has 0 aliphatic heterocycles. The average molecular weight is 245 g/mol. The van der Waals surface area contributed by atoms with Crippen LogP contribution in [0.3, 0.4) is 0 Å². The van der Waals surface area contributed by atoms with Gasteiger partial charge in [-0.25, -0.2) is 9.97 Å². The van der Waals surface area contributed by atoms with Gasteiger partial charge in [0.15, 0.2) is 0 Å². The molecule has 0 aliphatic carbocycles. The van der Waals surface area contributed by atoms with Gasteiger partial charge in [-0.2, -0.15) is 0 Å². The molecule has 0 aliphatic rings. The Balaban J connectivity index is 2.02. The number of benzene rings is 1. The maximum Gasteiger partial charge on any atom is 0.125 e. The highest BCUT2D eigenvalue weighted by atomic mass is 32.2. The van der Waals surface area contributed by atoms with Crippen LogP contribution in [0.4, 0.5) is 5.69 Å². The Morgan fingerprint density at radius 1 is 1.29 bits per heavy atom. The molecule has 0 bridgehead atoms. The van der Waals surface area contributed by atoms with E-state index < -0.39 is 0 Å². The SMILES string of the molecule is CSc1cccc(NCc2ccnc(C)n2)c1. The zero-order valence-electron chi connectivity index (χ0n) is 9.97. The zero-order chi connectivity index (χ0) is 12.1. The van der Waals surface area contributed by atoms with Gasteiger partial charge in [0.2, 0.25) is 0 Å². The minimum Gasteiger partial charge on any atom is -0.379 e. The van der Waals surface area contributed by atoms with Crippen LogP contribution in [0.5, 0.6) is 0 Å². The minimum absolute atomic E-state index is 0.723. The van der Waals surface area contributed by atoms with E-state index in [4.69, 9.17) is 0 Å². The Bertz CT molecular complexity index is 500. The van der Waals surface area contributed by atoms with E-state index in [2.05, 4.69) is 45.8 Å². The highest BCUT2D eigenvalue weighted by Gasteiger charge is 1.97. The summed E-state index contributed by atoms with van der Waals surface area (Å²) in [6.07, 6.45) is 3.87. The molecule has 2 rings (SSSR count). The van der Waals surface area contributed by atoms with Gasteiger partial charge in [-0.1, -0.05) is 6.07 Å². The van der Waals surface area contributed by atoms with E-state index in [1.54, 1.807) is 18.0 Å². The summed E-state index contributed by atoms with van der Waals surface area (Å²) >= 11 is 1.74. The summed E-state index contributed by atoms with van der Waals surface area (Å²) in [4.78, 5) is 9.69. The lowest BCUT2D eigenvalue weighted by Crippen LogP contribution is -2.03. The number of nitrogens with one attached hydrogen (secondary N) is 1. The molecule has 1 aromatic carbocycles. The van der Waals surface area contributed by atoms with Crippen LogP contribution in [-0.2, 0) is 6.54 Å². The predicted octanol–water partition coefficient (Wildman–Crippen LogP) is 3.12. The second kappa shape index (κ2) is 5.68. The van der Waals surface area contributed by atoms with Crippen molar-refractivity contribution in [1.82, 2.24) is 9.97 Å². The first-order chi connectivity index (χ1) is 8.28. The quantitative estimate of drug-likeness (QED) is 0.840. The van der Waals surface area contributed by atoms with Gasteiger partial charge in [-0.3, -0.25) is 0 Å². The van der Waals surface area contributed by atoms with E-state index >= 15 is 0 Å². The Kier molecular flexibility index (Phi) is 3.98. The number of aromatic nitrogens is 2. The maximum absolute atomic E-state index is 4.35. The molecule has 0 atom stereocenters. The molecule has 1 N–H and O–H groups in total. The van der Waals surface area contributed by atoms with Crippen LogP contribution >= 0.6 is 11.8 Å². The van der Waals surface area contributed by atoms with Gasteiger partial charge >= 0.3 is 0 Å². The summed E-state index contributed by atoms with van der Waals surface area (Å²) in [5.74, 6) is 0.808. The molecule has 2 aromatic rings. The first-order valence-corrected chi connectivity index (χ1v) is 6.67. The fourth-order valence-corrected chi connectivity index (χ4v) is 1.99. The molecule has 88 valence electrons. The van der Waals surface area contributed by atoms with Crippen LogP contribution in [0.1, 0.15) is 11.5 Å². The molecule has 3 nitrogen and oxygen atoms in total. The largest absolute Gasteiger partial charge is 0.379 e. The van der Waals surface area contributed by atoms with Crippen LogP contribution < -0.4 is 5.32 Å². The van der Waals surface area contributed by atoms with Crippen LogP contribution in [0, 0.1) is 6.92 Å². The van der Waals surface area contributed by atoms with Crippen molar-refractivity contribution in [3.8, 4) is 0 Å². The number of nitrogens with zero attached hydrogens (tertiary/aromatic N) is 2. The molecule has 0 saturated carbocycles. The second-order valence-electron chi connectivity index (χ2n) is 3.68. The van der Waals surface area contributed by atoms with Gasteiger partial charge in [0.1, 0.15) is 5.82 Å². The van der Waals surface area contributed by atoms with Crippen LogP contribution in [0.25, 0.3) is 0 Å². The minimum atomic E-state index is 0.723. The average Bonchev–Trinajstić information content (AvgIpc) is 2.37. The predicted molar refractivity (Wildman–Crippen MR) is 72.3 cm³/mol. The van der Waals surface area contributed by atoms with E-state index in [1.165, 1.54) is 4.90 Å². The lowest BCUT2D eigenvalue weighted by atomic mass is 10.3. The highest BCUT2D eigenvalue weighted by molar-refractivity contribution is 7.98. The molecule has 0 unspecified atom stereocenters. The van der Waals surface area contributed by atoms with Crippen molar-refractivity contribution in [3.63, 3.8) is 0 Å². The summed E-state index contributed by atoms with van der Waals surface area (Å²) in [6.45, 7) is 2.62. The van der Waals surface area contributed by atoms with E-state index in [0.717, 1.165) is 23.8 Å². The van der Waals surface area contributed by atoms with Crippen molar-refractivity contribution in [2.75, 3.05) is 11.6 Å². The number of thioether (sulfide) groups is 1. The first kappa shape index (κ1) is 11.9. The Morgan fingerprint density at radius 3 is 2.94 bits per heavy atom. The lowest BCUT2D eigenvalue weighted by molar-refractivity contribution is 0.955. The van der Waals surface area contributed by atoms with Crippen molar-refractivity contribution in [1.29, 1.82) is 0 Å². The van der Waals surface area contributed by atoms with Crippen molar-refractivity contribution < 1.29 is 0 Å². The van der Waals surface area contributed by atoms with E-state index in [-0.39, 0.29) is 0 Å². The summed E-state index contributed by atoms with van der Waals surface area (Å²) in [5, 5.41) is 3.36. The second-order valence-corrected chi connectivity index (χ2v) is 4.56. The Morgan fingerprint density at radius 2 is 2.18 bits per heavy atom. The van der Waals surface area contributed by atoms with E-state index in [1.807, 2.05) is 13.0 Å². The fraction of sp³-hybridized carbons (Fsp3) is 0.231. The molecular formula is C13H15N3S. The van der Waals surface area contributed by atoms with Crippen LogP contribution in [-0.4, -0.2) is 16.2 Å². The maximum atomic E-state index is 4.35. The molecule has 0 saturated heterocycles. The normalized spacial score (nSPS) is 10.2. The lowest BCUT2D eigenvalue weighted by Gasteiger charge is -2.07. The highest BCUT2D eigenvalue weighted by Crippen LogP contribution is 2.19. The van der Waals surface area contributed by atoms with Gasteiger partial charge < -0.3 is 5.32 Å². The molecule has 17 heavy (non-hydrogen) atoms. The van der Waals surface area contributed by atoms with Crippen molar-refractivity contribution >= 4 is 17.4 Å². The van der Waals surface area contributed by atoms with Crippen molar-refractivity contribution in [2.24, 2.45) is 0 Å². The third-order valence-electron chi connectivity index (χ3n) is 2.38. The number of hydrogen-bond acceptors (Lipinski definition) is 4. The summed E-state index contributed by atoms with van der Waals surface area (Å²) in [7, 11) is 0. The van der Waals surface area contributed by atoms with E-state index in [9.17, 15) is 0 Å². The smallest absolute Gasteiger partial charge is 0.125 e. The van der Waals surface area contributed by atoms with Gasteiger partial charge in [0, 0.05) is 16.8 Å². The van der Waals surface area contributed by atoms with Crippen LogP contribution in [0.2, 0.25) is 0 Å². The third kappa shape index (κ3) is 3.46. The number of anilines is 1. The Labute approximate surface area is 106 Å². The zero-order valence-corrected chi connectivity index (χ0v) is 10.8. The molecule has 1 heterocycles. The molecular weight excluding hydrogens is 230 g/mol. The van der Waals surface area contributed by atoms with Crippen molar-refractivity contribution in [2.45, 2.75) is 18.4 Å². The summed E-state index contributed by atoms with van der Waals surface area (Å²) in [6, 6.07) is 10.3. The number of rotatable bonds is 4. The van der Waals surface area contributed by atoms with Gasteiger partial charge in [0.25, 0.3) is 0 Å². The number of hydrogen-bond donors (Lipinski definition) is 1. The molecule has 0 radical (unpaired) electrons. The topological polar surface area (TPSA) is 37.8 Å². The molecule has 0 spiro atoms. The summed E-state index contributed by atoms with van der Waals surface area (Å²) in [5.41, 5.74) is 2.13. The molecule has 1 aromatic heterocycles. The van der Waals surface area contributed by atoms with Crippen LogP contribution in [0.15, 0.2) is 41.4 Å². The molecule has 0 fully saturated rings. The molecule has 4 heteroatoms. The third-order valence-corrected chi connectivity index (χ3v) is 3.10. The number of aryl methyl sites for hydroxylation is 1. The monoisotopic (exact) mass is 245 g/mol. The van der Waals surface area contributed by atoms with Gasteiger partial charge in [-0.15, -0.1) is 11.8 Å². The van der Waals surface area contributed by atoms with E-state index in [0.29, 0.717) is 0 Å². The standard InChI is InChI=1S/C13H15N3S/c1-10-14-7-6-12(16-10)9-15-11-4-3-5-13(8-11)17-2/h3-8,15H,9H2,1-2H3.